The van der Waals surface area contributed by atoms with E-state index in [1.54, 1.807) is 4.90 Å². The Labute approximate surface area is 406 Å². The van der Waals surface area contributed by atoms with Crippen LogP contribution in [-0.4, -0.2) is 110 Å². The molecule has 0 aromatic rings. The minimum atomic E-state index is -1.22. The van der Waals surface area contributed by atoms with Gasteiger partial charge in [0.2, 0.25) is 11.8 Å². The molecule has 1 aliphatic heterocycles. The Morgan fingerprint density at radius 1 is 0.537 bits per heavy atom. The summed E-state index contributed by atoms with van der Waals surface area (Å²) in [6.45, 7) is 11.3. The monoisotopic (exact) mass is 953 g/mol. The zero-order valence-electron chi connectivity index (χ0n) is 43.4. The number of amides is 2. The maximum atomic E-state index is 14.1. The van der Waals surface area contributed by atoms with E-state index in [4.69, 9.17) is 28.4 Å². The van der Waals surface area contributed by atoms with Crippen molar-refractivity contribution in [1.29, 1.82) is 0 Å². The third-order valence-corrected chi connectivity index (χ3v) is 12.5. The Balaban J connectivity index is 3.00. The van der Waals surface area contributed by atoms with E-state index < -0.39 is 66.3 Å². The van der Waals surface area contributed by atoms with E-state index >= 15 is 0 Å². The van der Waals surface area contributed by atoms with Crippen molar-refractivity contribution >= 4 is 35.7 Å². The summed E-state index contributed by atoms with van der Waals surface area (Å²) in [4.78, 5) is 77.3. The minimum Gasteiger partial charge on any atom is -0.463 e. The van der Waals surface area contributed by atoms with Crippen molar-refractivity contribution in [1.82, 2.24) is 10.2 Å². The molecule has 67 heavy (non-hydrogen) atoms. The Morgan fingerprint density at radius 3 is 1.42 bits per heavy atom. The number of carbonyl (C=O) groups is 6. The van der Waals surface area contributed by atoms with Gasteiger partial charge in [-0.25, -0.2) is 0 Å². The standard InChI is InChI=1S/C53H96N2O12/c1-8-10-12-14-16-18-20-22-24-26-28-30-32-34-38-62-40-47(64-44(5)58)39-55(50(61)35-33-31-29-27-25-23-21-19-17-15-13-11-9-2)37-36-48-51(54-42(3)56)53(66-46(7)60)52(65-45(6)59)49(67-48)41-63-43(4)57/h47-49,51-53H,8-41H2,1-7H3,(H,54,56)/t47?,48-,49+,51+,52+,53+/m0/s1. The summed E-state index contributed by atoms with van der Waals surface area (Å²) < 4.78 is 34.7. The normalized spacial score (nSPS) is 18.5. The molecule has 14 heteroatoms. The van der Waals surface area contributed by atoms with E-state index in [9.17, 15) is 28.8 Å². The first kappa shape index (κ1) is 61.8. The van der Waals surface area contributed by atoms with Gasteiger partial charge in [0.05, 0.1) is 25.3 Å². The molecular weight excluding hydrogens is 857 g/mol. The van der Waals surface area contributed by atoms with E-state index in [1.165, 1.54) is 163 Å². The molecule has 0 aromatic carbocycles. The molecule has 1 unspecified atom stereocenters. The molecule has 0 radical (unpaired) electrons. The first-order chi connectivity index (χ1) is 32.3. The van der Waals surface area contributed by atoms with Gasteiger partial charge in [-0.3, -0.25) is 28.8 Å². The van der Waals surface area contributed by atoms with Crippen LogP contribution in [0.3, 0.4) is 0 Å². The second-order valence-corrected chi connectivity index (χ2v) is 18.9. The average molecular weight is 953 g/mol. The molecule has 1 fully saturated rings. The van der Waals surface area contributed by atoms with E-state index in [1.807, 2.05) is 0 Å². The zero-order chi connectivity index (χ0) is 49.5. The number of nitrogens with zero attached hydrogens (tertiary/aromatic N) is 1. The van der Waals surface area contributed by atoms with Gasteiger partial charge in [0.15, 0.2) is 12.2 Å². The molecule has 1 saturated heterocycles. The van der Waals surface area contributed by atoms with Crippen LogP contribution in [-0.2, 0) is 57.2 Å². The number of hydrogen-bond donors (Lipinski definition) is 1. The molecule has 1 N–H and O–H groups in total. The molecule has 1 aliphatic rings. The fourth-order valence-electron chi connectivity index (χ4n) is 8.94. The number of esters is 4. The van der Waals surface area contributed by atoms with E-state index in [-0.39, 0.29) is 38.6 Å². The molecule has 0 aromatic heterocycles. The summed E-state index contributed by atoms with van der Waals surface area (Å²) >= 11 is 0. The summed E-state index contributed by atoms with van der Waals surface area (Å²) in [6, 6.07) is -0.991. The van der Waals surface area contributed by atoms with Crippen LogP contribution < -0.4 is 5.32 Å². The van der Waals surface area contributed by atoms with Crippen molar-refractivity contribution in [3.8, 4) is 0 Å². The molecule has 1 heterocycles. The number of ether oxygens (including phenoxy) is 6. The lowest BCUT2D eigenvalue weighted by atomic mass is 9.90. The topological polar surface area (TPSA) is 173 Å². The summed E-state index contributed by atoms with van der Waals surface area (Å²) in [5.41, 5.74) is 0. The Bertz CT molecular complexity index is 1330. The van der Waals surface area contributed by atoms with Gasteiger partial charge in [0.25, 0.3) is 0 Å². The van der Waals surface area contributed by atoms with Crippen LogP contribution in [0.2, 0.25) is 0 Å². The van der Waals surface area contributed by atoms with Crippen LogP contribution in [0.25, 0.3) is 0 Å². The lowest BCUT2D eigenvalue weighted by molar-refractivity contribution is -0.224. The number of rotatable bonds is 42. The fraction of sp³-hybridized carbons (Fsp3) is 0.887. The third kappa shape index (κ3) is 33.0. The van der Waals surface area contributed by atoms with Gasteiger partial charge in [-0.05, 0) is 19.3 Å². The summed E-state index contributed by atoms with van der Waals surface area (Å²) in [5, 5.41) is 2.82. The van der Waals surface area contributed by atoms with Crippen molar-refractivity contribution in [3.63, 3.8) is 0 Å². The second-order valence-electron chi connectivity index (χ2n) is 18.9. The predicted molar refractivity (Wildman–Crippen MR) is 262 cm³/mol. The highest BCUT2D eigenvalue weighted by molar-refractivity contribution is 5.76. The molecule has 2 amide bonds. The quantitative estimate of drug-likeness (QED) is 0.0349. The molecule has 6 atom stereocenters. The van der Waals surface area contributed by atoms with Crippen molar-refractivity contribution in [2.45, 2.75) is 271 Å². The molecule has 1 rings (SSSR count). The Morgan fingerprint density at radius 2 is 0.985 bits per heavy atom. The van der Waals surface area contributed by atoms with Gasteiger partial charge in [-0.2, -0.15) is 0 Å². The summed E-state index contributed by atoms with van der Waals surface area (Å²) in [6.07, 6.45) is 28.4. The molecular formula is C53H96N2O12. The highest BCUT2D eigenvalue weighted by Gasteiger charge is 2.50. The summed E-state index contributed by atoms with van der Waals surface area (Å²) in [5.74, 6) is -3.02. The highest BCUT2D eigenvalue weighted by atomic mass is 16.6. The van der Waals surface area contributed by atoms with Gasteiger partial charge in [-0.15, -0.1) is 0 Å². The fourth-order valence-corrected chi connectivity index (χ4v) is 8.94. The van der Waals surface area contributed by atoms with Crippen LogP contribution in [0.15, 0.2) is 0 Å². The average Bonchev–Trinajstić information content (AvgIpc) is 3.26. The molecule has 14 nitrogen and oxygen atoms in total. The van der Waals surface area contributed by atoms with Crippen LogP contribution >= 0.6 is 0 Å². The maximum absolute atomic E-state index is 14.1. The molecule has 0 saturated carbocycles. The minimum absolute atomic E-state index is 0.0768. The van der Waals surface area contributed by atoms with Crippen LogP contribution in [0, 0.1) is 0 Å². The lowest BCUT2D eigenvalue weighted by Crippen LogP contribution is -2.66. The SMILES string of the molecule is CCCCCCCCCCCCCCCCOCC(CN(CC[C@@H]1O[C@H](COC(C)=O)[C@@H](OC(C)=O)[C@H](OC(C)=O)[C@@H]1NC(C)=O)C(=O)CCCCCCCCCCCCCCC)OC(C)=O. The highest BCUT2D eigenvalue weighted by Crippen LogP contribution is 2.29. The first-order valence-corrected chi connectivity index (χ1v) is 26.7. The van der Waals surface area contributed by atoms with E-state index in [0.29, 0.717) is 19.4 Å². The van der Waals surface area contributed by atoms with Gasteiger partial charge in [-0.1, -0.05) is 174 Å². The van der Waals surface area contributed by atoms with E-state index in [0.717, 1.165) is 38.5 Å². The second kappa shape index (κ2) is 40.6. The van der Waals surface area contributed by atoms with Crippen molar-refractivity contribution < 1.29 is 57.2 Å². The van der Waals surface area contributed by atoms with Gasteiger partial charge in [0, 0.05) is 54.2 Å². The molecule has 0 spiro atoms. The Hall–Kier alpha value is -3.26. The van der Waals surface area contributed by atoms with Crippen molar-refractivity contribution in [3.05, 3.63) is 0 Å². The molecule has 390 valence electrons. The largest absolute Gasteiger partial charge is 0.463 e. The number of carbonyl (C=O) groups excluding carboxylic acids is 6. The van der Waals surface area contributed by atoms with Gasteiger partial charge >= 0.3 is 23.9 Å². The predicted octanol–water partition coefficient (Wildman–Crippen LogP) is 10.8. The summed E-state index contributed by atoms with van der Waals surface area (Å²) in [7, 11) is 0. The van der Waals surface area contributed by atoms with Crippen LogP contribution in [0.1, 0.15) is 235 Å². The van der Waals surface area contributed by atoms with Crippen LogP contribution in [0.4, 0.5) is 0 Å². The third-order valence-electron chi connectivity index (χ3n) is 12.5. The lowest BCUT2D eigenvalue weighted by Gasteiger charge is -2.45. The van der Waals surface area contributed by atoms with Gasteiger partial charge < -0.3 is 38.6 Å². The molecule has 0 aliphatic carbocycles. The molecule has 0 bridgehead atoms. The van der Waals surface area contributed by atoms with Crippen LogP contribution in [0.5, 0.6) is 0 Å². The van der Waals surface area contributed by atoms with E-state index in [2.05, 4.69) is 19.2 Å². The Kier molecular flexibility index (Phi) is 37.4. The maximum Gasteiger partial charge on any atom is 0.303 e. The first-order valence-electron chi connectivity index (χ1n) is 26.7. The van der Waals surface area contributed by atoms with Crippen molar-refractivity contribution in [2.75, 3.05) is 32.9 Å². The number of nitrogens with one attached hydrogen (secondary N) is 1. The zero-order valence-corrected chi connectivity index (χ0v) is 43.4. The smallest absolute Gasteiger partial charge is 0.303 e. The van der Waals surface area contributed by atoms with Crippen molar-refractivity contribution in [2.24, 2.45) is 0 Å². The number of unbranched alkanes of at least 4 members (excludes halogenated alkanes) is 25. The van der Waals surface area contributed by atoms with Gasteiger partial charge in [0.1, 0.15) is 18.8 Å². The number of hydrogen-bond acceptors (Lipinski definition) is 12.